The maximum absolute atomic E-state index is 12.3. The Morgan fingerprint density at radius 2 is 2.04 bits per heavy atom. The molecule has 1 amide bonds. The first-order chi connectivity index (χ1) is 13.2. The summed E-state index contributed by atoms with van der Waals surface area (Å²) in [5, 5.41) is 11.9. The predicted octanol–water partition coefficient (Wildman–Crippen LogP) is 4.46. The molecule has 0 radical (unpaired) electrons. The molecule has 0 aromatic heterocycles. The quantitative estimate of drug-likeness (QED) is 0.787. The standard InChI is InChI=1S/C22H24N2O3/c1-26-21-11-9-17(15-23)14-20(21)24-22(25)12-10-16-5-4-8-19(13-16)27-18-6-2-3-7-18/h4-5,8-9,11,13-14,18H,2-3,6-7,10,12H2,1H3,(H,24,25). The summed E-state index contributed by atoms with van der Waals surface area (Å²) in [6.45, 7) is 0. The molecule has 1 aliphatic carbocycles. The highest BCUT2D eigenvalue weighted by Crippen LogP contribution is 2.26. The number of amides is 1. The summed E-state index contributed by atoms with van der Waals surface area (Å²) in [5.74, 6) is 1.29. The summed E-state index contributed by atoms with van der Waals surface area (Å²) in [4.78, 5) is 12.3. The van der Waals surface area contributed by atoms with Gasteiger partial charge in [0.1, 0.15) is 11.5 Å². The van der Waals surface area contributed by atoms with Gasteiger partial charge in [-0.25, -0.2) is 0 Å². The molecule has 0 atom stereocenters. The van der Waals surface area contributed by atoms with Crippen molar-refractivity contribution in [1.29, 1.82) is 5.26 Å². The van der Waals surface area contributed by atoms with Crippen LogP contribution < -0.4 is 14.8 Å². The van der Waals surface area contributed by atoms with Crippen LogP contribution in [0.15, 0.2) is 42.5 Å². The molecule has 0 spiro atoms. The number of carbonyl (C=O) groups excluding carboxylic acids is 1. The van der Waals surface area contributed by atoms with Gasteiger partial charge in [-0.05, 0) is 68.0 Å². The van der Waals surface area contributed by atoms with Crippen molar-refractivity contribution in [3.8, 4) is 17.6 Å². The molecule has 0 unspecified atom stereocenters. The van der Waals surface area contributed by atoms with E-state index in [4.69, 9.17) is 14.7 Å². The van der Waals surface area contributed by atoms with Crippen molar-refractivity contribution in [1.82, 2.24) is 0 Å². The van der Waals surface area contributed by atoms with Gasteiger partial charge in [0.15, 0.2) is 0 Å². The first-order valence-electron chi connectivity index (χ1n) is 9.31. The average molecular weight is 364 g/mol. The predicted molar refractivity (Wildman–Crippen MR) is 104 cm³/mol. The number of nitrogens with one attached hydrogen (secondary N) is 1. The molecule has 2 aromatic rings. The van der Waals surface area contributed by atoms with E-state index in [2.05, 4.69) is 11.4 Å². The third kappa shape index (κ3) is 5.24. The van der Waals surface area contributed by atoms with Crippen LogP contribution in [0.5, 0.6) is 11.5 Å². The fourth-order valence-electron chi connectivity index (χ4n) is 3.32. The SMILES string of the molecule is COc1ccc(C#N)cc1NC(=O)CCc1cccc(OC2CCCC2)c1. The van der Waals surface area contributed by atoms with Crippen molar-refractivity contribution in [2.24, 2.45) is 0 Å². The molecule has 1 fully saturated rings. The molecule has 1 aliphatic rings. The van der Waals surface area contributed by atoms with Crippen molar-refractivity contribution in [2.45, 2.75) is 44.6 Å². The topological polar surface area (TPSA) is 71.3 Å². The Morgan fingerprint density at radius 3 is 2.78 bits per heavy atom. The molecule has 2 aromatic carbocycles. The van der Waals surface area contributed by atoms with Gasteiger partial charge in [-0.2, -0.15) is 5.26 Å². The van der Waals surface area contributed by atoms with E-state index in [1.165, 1.54) is 20.0 Å². The Labute approximate surface area is 159 Å². The number of ether oxygens (including phenoxy) is 2. The van der Waals surface area contributed by atoms with Crippen LogP contribution in [0.2, 0.25) is 0 Å². The van der Waals surface area contributed by atoms with Gasteiger partial charge in [-0.3, -0.25) is 4.79 Å². The second-order valence-electron chi connectivity index (χ2n) is 6.75. The Morgan fingerprint density at radius 1 is 1.22 bits per heavy atom. The minimum absolute atomic E-state index is 0.120. The number of hydrogen-bond acceptors (Lipinski definition) is 4. The zero-order valence-corrected chi connectivity index (χ0v) is 15.5. The molecule has 1 N–H and O–H groups in total. The van der Waals surface area contributed by atoms with E-state index in [9.17, 15) is 4.79 Å². The van der Waals surface area contributed by atoms with Gasteiger partial charge in [-0.15, -0.1) is 0 Å². The van der Waals surface area contributed by atoms with Gasteiger partial charge in [0.25, 0.3) is 0 Å². The van der Waals surface area contributed by atoms with Crippen LogP contribution in [0.25, 0.3) is 0 Å². The van der Waals surface area contributed by atoms with Crippen LogP contribution in [0.3, 0.4) is 0 Å². The van der Waals surface area contributed by atoms with Crippen LogP contribution in [0.4, 0.5) is 5.69 Å². The van der Waals surface area contributed by atoms with Crippen molar-refractivity contribution in [3.63, 3.8) is 0 Å². The highest BCUT2D eigenvalue weighted by molar-refractivity contribution is 5.92. The fraction of sp³-hybridized carbons (Fsp3) is 0.364. The third-order valence-electron chi connectivity index (χ3n) is 4.75. The maximum atomic E-state index is 12.3. The molecule has 0 aliphatic heterocycles. The minimum Gasteiger partial charge on any atom is -0.495 e. The van der Waals surface area contributed by atoms with E-state index in [1.807, 2.05) is 24.3 Å². The summed E-state index contributed by atoms with van der Waals surface area (Å²) in [5.41, 5.74) is 2.06. The average Bonchev–Trinajstić information content (AvgIpc) is 3.19. The Kier molecular flexibility index (Phi) is 6.32. The van der Waals surface area contributed by atoms with E-state index >= 15 is 0 Å². The zero-order chi connectivity index (χ0) is 19.1. The van der Waals surface area contributed by atoms with Gasteiger partial charge in [-0.1, -0.05) is 12.1 Å². The lowest BCUT2D eigenvalue weighted by Gasteiger charge is -2.14. The second-order valence-corrected chi connectivity index (χ2v) is 6.75. The number of benzene rings is 2. The lowest BCUT2D eigenvalue weighted by Crippen LogP contribution is -2.13. The highest BCUT2D eigenvalue weighted by atomic mass is 16.5. The smallest absolute Gasteiger partial charge is 0.224 e. The van der Waals surface area contributed by atoms with E-state index in [1.54, 1.807) is 18.2 Å². The molecule has 27 heavy (non-hydrogen) atoms. The summed E-state index contributed by atoms with van der Waals surface area (Å²) in [6, 6.07) is 15.0. The molecule has 5 heteroatoms. The number of methoxy groups -OCH3 is 1. The molecular formula is C22H24N2O3. The first kappa shape index (κ1) is 18.8. The Hall–Kier alpha value is -3.00. The van der Waals surface area contributed by atoms with Crippen LogP contribution in [0, 0.1) is 11.3 Å². The first-order valence-corrected chi connectivity index (χ1v) is 9.31. The molecule has 5 nitrogen and oxygen atoms in total. The normalized spacial score (nSPS) is 13.8. The Bertz CT molecular complexity index is 836. The third-order valence-corrected chi connectivity index (χ3v) is 4.75. The van der Waals surface area contributed by atoms with Crippen molar-refractivity contribution in [3.05, 3.63) is 53.6 Å². The lowest BCUT2D eigenvalue weighted by atomic mass is 10.1. The number of carbonyl (C=O) groups is 1. The van der Waals surface area contributed by atoms with Gasteiger partial charge in [0.2, 0.25) is 5.91 Å². The monoisotopic (exact) mass is 364 g/mol. The second kappa shape index (κ2) is 9.09. The van der Waals surface area contributed by atoms with E-state index in [0.29, 0.717) is 35.9 Å². The number of nitrogens with zero attached hydrogens (tertiary/aromatic N) is 1. The lowest BCUT2D eigenvalue weighted by molar-refractivity contribution is -0.116. The molecule has 1 saturated carbocycles. The molecule has 0 bridgehead atoms. The van der Waals surface area contributed by atoms with Gasteiger partial charge >= 0.3 is 0 Å². The minimum atomic E-state index is -0.120. The fourth-order valence-corrected chi connectivity index (χ4v) is 3.32. The molecule has 140 valence electrons. The van der Waals surface area contributed by atoms with E-state index in [-0.39, 0.29) is 5.91 Å². The zero-order valence-electron chi connectivity index (χ0n) is 15.5. The van der Waals surface area contributed by atoms with Gasteiger partial charge in [0, 0.05) is 6.42 Å². The van der Waals surface area contributed by atoms with Crippen molar-refractivity contribution < 1.29 is 14.3 Å². The number of aryl methyl sites for hydroxylation is 1. The molecule has 3 rings (SSSR count). The number of hydrogen-bond donors (Lipinski definition) is 1. The summed E-state index contributed by atoms with van der Waals surface area (Å²) >= 11 is 0. The van der Waals surface area contributed by atoms with Crippen LogP contribution in [-0.2, 0) is 11.2 Å². The molecule has 0 heterocycles. The van der Waals surface area contributed by atoms with Gasteiger partial charge in [0.05, 0.1) is 30.5 Å². The van der Waals surface area contributed by atoms with Crippen molar-refractivity contribution in [2.75, 3.05) is 12.4 Å². The van der Waals surface area contributed by atoms with Crippen LogP contribution in [0.1, 0.15) is 43.2 Å². The van der Waals surface area contributed by atoms with Crippen LogP contribution >= 0.6 is 0 Å². The van der Waals surface area contributed by atoms with Crippen LogP contribution in [-0.4, -0.2) is 19.1 Å². The van der Waals surface area contributed by atoms with Crippen molar-refractivity contribution >= 4 is 11.6 Å². The van der Waals surface area contributed by atoms with E-state index < -0.39 is 0 Å². The molecular weight excluding hydrogens is 340 g/mol. The Balaban J connectivity index is 1.57. The number of anilines is 1. The van der Waals surface area contributed by atoms with E-state index in [0.717, 1.165) is 24.2 Å². The van der Waals surface area contributed by atoms with Gasteiger partial charge < -0.3 is 14.8 Å². The highest BCUT2D eigenvalue weighted by Gasteiger charge is 2.16. The number of nitriles is 1. The summed E-state index contributed by atoms with van der Waals surface area (Å²) < 4.78 is 11.3. The maximum Gasteiger partial charge on any atom is 0.224 e. The summed E-state index contributed by atoms with van der Waals surface area (Å²) in [7, 11) is 1.53. The largest absolute Gasteiger partial charge is 0.495 e. The number of rotatable bonds is 7. The summed E-state index contributed by atoms with van der Waals surface area (Å²) in [6.07, 6.45) is 6.00. The molecule has 0 saturated heterocycles.